The number of aromatic nitrogens is 1. The maximum absolute atomic E-state index is 11.9. The molecular weight excluding hydrogens is 260 g/mol. The van der Waals surface area contributed by atoms with Crippen LogP contribution in [0.15, 0.2) is 28.8 Å². The van der Waals surface area contributed by atoms with Gasteiger partial charge in [0.1, 0.15) is 0 Å². The van der Waals surface area contributed by atoms with Crippen molar-refractivity contribution in [1.82, 2.24) is 5.16 Å². The zero-order chi connectivity index (χ0) is 14.5. The molecule has 0 unspecified atom stereocenters. The Balaban J connectivity index is 2.07. The van der Waals surface area contributed by atoms with Crippen molar-refractivity contribution in [2.45, 2.75) is 19.3 Å². The predicted molar refractivity (Wildman–Crippen MR) is 70.6 cm³/mol. The van der Waals surface area contributed by atoms with Gasteiger partial charge in [-0.15, -0.1) is 0 Å². The lowest BCUT2D eigenvalue weighted by Gasteiger charge is -2.15. The molecule has 0 bridgehead atoms. The van der Waals surface area contributed by atoms with Gasteiger partial charge in [-0.3, -0.25) is 4.79 Å². The summed E-state index contributed by atoms with van der Waals surface area (Å²) in [6, 6.07) is 6.72. The summed E-state index contributed by atoms with van der Waals surface area (Å²) in [5, 5.41) is 15.1. The van der Waals surface area contributed by atoms with E-state index in [4.69, 9.17) is 9.63 Å². The lowest BCUT2D eigenvalue weighted by Crippen LogP contribution is -2.26. The number of carbonyl (C=O) groups excluding carboxylic acids is 1. The van der Waals surface area contributed by atoms with Gasteiger partial charge in [-0.1, -0.05) is 5.16 Å². The molecule has 0 atom stereocenters. The van der Waals surface area contributed by atoms with Crippen LogP contribution in [-0.2, 0) is 10.2 Å². The molecule has 1 aromatic heterocycles. The molecule has 0 saturated carbocycles. The fraction of sp³-hybridized carbons (Fsp3) is 0.214. The Kier molecular flexibility index (Phi) is 2.44. The molecule has 2 heterocycles. The molecule has 0 fully saturated rings. The van der Waals surface area contributed by atoms with Gasteiger partial charge >= 0.3 is 5.97 Å². The van der Waals surface area contributed by atoms with Crippen LogP contribution in [0.4, 0.5) is 5.69 Å². The van der Waals surface area contributed by atoms with E-state index in [2.05, 4.69) is 10.5 Å². The molecule has 1 aliphatic rings. The third-order valence-corrected chi connectivity index (χ3v) is 3.52. The number of carboxylic acid groups (broad SMARTS) is 1. The normalized spacial score (nSPS) is 15.8. The van der Waals surface area contributed by atoms with Gasteiger partial charge in [0.2, 0.25) is 5.91 Å². The van der Waals surface area contributed by atoms with Crippen LogP contribution in [0, 0.1) is 0 Å². The van der Waals surface area contributed by atoms with Crippen molar-refractivity contribution in [2.75, 3.05) is 5.32 Å². The van der Waals surface area contributed by atoms with E-state index in [9.17, 15) is 9.59 Å². The summed E-state index contributed by atoms with van der Waals surface area (Å²) < 4.78 is 5.03. The van der Waals surface area contributed by atoms with E-state index in [0.29, 0.717) is 11.3 Å². The SMILES string of the molecule is CC1(C)C(=O)Nc2ccc(-c3cc(C(=O)O)no3)cc21. The number of carbonyl (C=O) groups is 2. The van der Waals surface area contributed by atoms with Gasteiger partial charge in [0.15, 0.2) is 11.5 Å². The number of carboxylic acids is 1. The van der Waals surface area contributed by atoms with Crippen molar-refractivity contribution < 1.29 is 19.2 Å². The minimum Gasteiger partial charge on any atom is -0.476 e. The van der Waals surface area contributed by atoms with Crippen molar-refractivity contribution >= 4 is 17.6 Å². The zero-order valence-electron chi connectivity index (χ0n) is 10.9. The standard InChI is InChI=1S/C14H12N2O4/c1-14(2)8-5-7(3-4-9(8)15-13(14)19)11-6-10(12(17)18)16-20-11/h3-6H,1-2H3,(H,15,19)(H,17,18). The van der Waals surface area contributed by atoms with Crippen LogP contribution in [0.3, 0.4) is 0 Å². The number of nitrogens with one attached hydrogen (secondary N) is 1. The summed E-state index contributed by atoms with van der Waals surface area (Å²) in [6.07, 6.45) is 0. The van der Waals surface area contributed by atoms with E-state index in [1.54, 1.807) is 12.1 Å². The topological polar surface area (TPSA) is 92.4 Å². The van der Waals surface area contributed by atoms with Crippen LogP contribution < -0.4 is 5.32 Å². The number of fused-ring (bicyclic) bond motifs is 1. The highest BCUT2D eigenvalue weighted by atomic mass is 16.5. The van der Waals surface area contributed by atoms with E-state index in [-0.39, 0.29) is 11.6 Å². The largest absolute Gasteiger partial charge is 0.476 e. The summed E-state index contributed by atoms with van der Waals surface area (Å²) in [4.78, 5) is 22.7. The van der Waals surface area contributed by atoms with Crippen LogP contribution in [0.5, 0.6) is 0 Å². The summed E-state index contributed by atoms with van der Waals surface area (Å²) in [5.74, 6) is -0.841. The highest BCUT2D eigenvalue weighted by Gasteiger charge is 2.38. The second-order valence-electron chi connectivity index (χ2n) is 5.22. The summed E-state index contributed by atoms with van der Waals surface area (Å²) in [7, 11) is 0. The molecule has 1 aromatic carbocycles. The fourth-order valence-corrected chi connectivity index (χ4v) is 2.24. The van der Waals surface area contributed by atoms with Crippen molar-refractivity contribution in [3.8, 4) is 11.3 Å². The zero-order valence-corrected chi connectivity index (χ0v) is 10.9. The number of aromatic carboxylic acids is 1. The summed E-state index contributed by atoms with van der Waals surface area (Å²) in [5.41, 5.74) is 1.54. The second-order valence-corrected chi connectivity index (χ2v) is 5.22. The molecule has 0 spiro atoms. The first-order chi connectivity index (χ1) is 9.39. The molecule has 2 aromatic rings. The number of nitrogens with zero attached hydrogens (tertiary/aromatic N) is 1. The van der Waals surface area contributed by atoms with E-state index >= 15 is 0 Å². The third-order valence-electron chi connectivity index (χ3n) is 3.52. The first kappa shape index (κ1) is 12.4. The third kappa shape index (κ3) is 1.69. The van der Waals surface area contributed by atoms with Gasteiger partial charge in [0.05, 0.1) is 5.41 Å². The Morgan fingerprint density at radius 3 is 2.75 bits per heavy atom. The van der Waals surface area contributed by atoms with Gasteiger partial charge < -0.3 is 14.9 Å². The quantitative estimate of drug-likeness (QED) is 0.874. The van der Waals surface area contributed by atoms with Crippen molar-refractivity contribution in [3.05, 3.63) is 35.5 Å². The molecular formula is C14H12N2O4. The first-order valence-corrected chi connectivity index (χ1v) is 6.06. The van der Waals surface area contributed by atoms with E-state index < -0.39 is 11.4 Å². The maximum Gasteiger partial charge on any atom is 0.358 e. The molecule has 1 aliphatic heterocycles. The summed E-state index contributed by atoms with van der Waals surface area (Å²) >= 11 is 0. The van der Waals surface area contributed by atoms with Gasteiger partial charge in [-0.05, 0) is 37.6 Å². The van der Waals surface area contributed by atoms with Crippen molar-refractivity contribution in [1.29, 1.82) is 0 Å². The molecule has 102 valence electrons. The fourth-order valence-electron chi connectivity index (χ4n) is 2.24. The monoisotopic (exact) mass is 272 g/mol. The Morgan fingerprint density at radius 2 is 2.10 bits per heavy atom. The number of anilines is 1. The highest BCUT2D eigenvalue weighted by molar-refractivity contribution is 6.06. The molecule has 0 radical (unpaired) electrons. The Labute approximate surface area is 114 Å². The van der Waals surface area contributed by atoms with Crippen molar-refractivity contribution in [2.24, 2.45) is 0 Å². The van der Waals surface area contributed by atoms with Crippen LogP contribution in [0.1, 0.15) is 29.9 Å². The van der Waals surface area contributed by atoms with E-state index in [1.807, 2.05) is 19.9 Å². The van der Waals surface area contributed by atoms with Gasteiger partial charge in [0, 0.05) is 17.3 Å². The van der Waals surface area contributed by atoms with Crippen LogP contribution in [0.25, 0.3) is 11.3 Å². The molecule has 6 nitrogen and oxygen atoms in total. The van der Waals surface area contributed by atoms with E-state index in [0.717, 1.165) is 11.3 Å². The number of amides is 1. The van der Waals surface area contributed by atoms with Crippen LogP contribution in [-0.4, -0.2) is 22.1 Å². The van der Waals surface area contributed by atoms with Gasteiger partial charge in [0.25, 0.3) is 0 Å². The lowest BCUT2D eigenvalue weighted by atomic mass is 9.85. The Hall–Kier alpha value is -2.63. The predicted octanol–water partition coefficient (Wildman–Crippen LogP) is 2.27. The van der Waals surface area contributed by atoms with Crippen LogP contribution in [0.2, 0.25) is 0 Å². The maximum atomic E-state index is 11.9. The smallest absolute Gasteiger partial charge is 0.358 e. The average molecular weight is 272 g/mol. The number of hydrogen-bond donors (Lipinski definition) is 2. The molecule has 2 N–H and O–H groups in total. The number of hydrogen-bond acceptors (Lipinski definition) is 4. The van der Waals surface area contributed by atoms with E-state index in [1.165, 1.54) is 6.07 Å². The Morgan fingerprint density at radius 1 is 1.35 bits per heavy atom. The Bertz CT molecular complexity index is 731. The second kappa shape index (κ2) is 3.93. The minimum absolute atomic E-state index is 0.0616. The minimum atomic E-state index is -1.14. The van der Waals surface area contributed by atoms with Crippen LogP contribution >= 0.6 is 0 Å². The molecule has 3 rings (SSSR count). The average Bonchev–Trinajstić information content (AvgIpc) is 2.95. The molecule has 1 amide bonds. The summed E-state index contributed by atoms with van der Waals surface area (Å²) in [6.45, 7) is 3.67. The van der Waals surface area contributed by atoms with Gasteiger partial charge in [-0.2, -0.15) is 0 Å². The van der Waals surface area contributed by atoms with Gasteiger partial charge in [-0.25, -0.2) is 4.79 Å². The lowest BCUT2D eigenvalue weighted by molar-refractivity contribution is -0.119. The number of benzene rings is 1. The molecule has 0 aliphatic carbocycles. The molecule has 0 saturated heterocycles. The first-order valence-electron chi connectivity index (χ1n) is 6.06. The molecule has 20 heavy (non-hydrogen) atoms. The highest BCUT2D eigenvalue weighted by Crippen LogP contribution is 2.39. The molecule has 6 heteroatoms. The number of rotatable bonds is 2. The van der Waals surface area contributed by atoms with Crippen molar-refractivity contribution in [3.63, 3.8) is 0 Å².